The number of hydrogen-bond donors (Lipinski definition) is 1. The predicted molar refractivity (Wildman–Crippen MR) is 149 cm³/mol. The summed E-state index contributed by atoms with van der Waals surface area (Å²) in [5, 5.41) is 3.59. The number of rotatable bonds is 12. The van der Waals surface area contributed by atoms with Crippen LogP contribution in [0.4, 0.5) is 5.69 Å². The zero-order valence-electron chi connectivity index (χ0n) is 22.0. The zero-order chi connectivity index (χ0) is 27.0. The van der Waals surface area contributed by atoms with Gasteiger partial charge in [-0.1, -0.05) is 67.8 Å². The highest BCUT2D eigenvalue weighted by atomic mass is 35.5. The van der Waals surface area contributed by atoms with Crippen LogP contribution in [0.25, 0.3) is 0 Å². The fourth-order valence-corrected chi connectivity index (χ4v) is 6.08. The molecule has 2 aromatic carbocycles. The number of halogens is 1. The molecule has 37 heavy (non-hydrogen) atoms. The van der Waals surface area contributed by atoms with E-state index in [1.165, 1.54) is 4.31 Å². The minimum atomic E-state index is -3.59. The van der Waals surface area contributed by atoms with Crippen LogP contribution in [0, 0.1) is 6.92 Å². The van der Waals surface area contributed by atoms with Crippen LogP contribution in [0.1, 0.15) is 63.0 Å². The van der Waals surface area contributed by atoms with Gasteiger partial charge < -0.3 is 10.2 Å². The van der Waals surface area contributed by atoms with Crippen molar-refractivity contribution in [2.24, 2.45) is 0 Å². The van der Waals surface area contributed by atoms with Gasteiger partial charge in [0.2, 0.25) is 21.8 Å². The Hall–Kier alpha value is -2.58. The van der Waals surface area contributed by atoms with E-state index in [0.29, 0.717) is 30.1 Å². The Morgan fingerprint density at radius 3 is 2.41 bits per heavy atom. The Morgan fingerprint density at radius 2 is 1.78 bits per heavy atom. The first kappa shape index (κ1) is 29.0. The molecule has 1 fully saturated rings. The Labute approximate surface area is 226 Å². The summed E-state index contributed by atoms with van der Waals surface area (Å²) in [7, 11) is -3.59. The molecule has 0 saturated heterocycles. The fourth-order valence-electron chi connectivity index (χ4n) is 4.90. The quantitative estimate of drug-likeness (QED) is 0.402. The highest BCUT2D eigenvalue weighted by Gasteiger charge is 2.30. The van der Waals surface area contributed by atoms with Gasteiger partial charge in [0.1, 0.15) is 6.04 Å². The number of anilines is 1. The van der Waals surface area contributed by atoms with Crippen LogP contribution in [0.5, 0.6) is 0 Å². The Bertz CT molecular complexity index is 1170. The first-order valence-corrected chi connectivity index (χ1v) is 15.2. The van der Waals surface area contributed by atoms with Crippen LogP contribution in [0.2, 0.25) is 5.02 Å². The Kier molecular flexibility index (Phi) is 10.4. The summed E-state index contributed by atoms with van der Waals surface area (Å²) in [5.41, 5.74) is 2.22. The Balaban J connectivity index is 1.75. The molecule has 202 valence electrons. The minimum absolute atomic E-state index is 0.117. The SMILES string of the molecule is CC[C@H](C(=O)NC1CCCC1)N(Cc1ccccc1)C(=O)CCCN(c1cc(Cl)ccc1C)S(C)(=O)=O. The molecule has 0 aromatic heterocycles. The van der Waals surface area contributed by atoms with Gasteiger partial charge in [0.05, 0.1) is 11.9 Å². The van der Waals surface area contributed by atoms with Gasteiger partial charge in [0.15, 0.2) is 0 Å². The van der Waals surface area contributed by atoms with Gasteiger partial charge in [0, 0.05) is 30.6 Å². The summed E-state index contributed by atoms with van der Waals surface area (Å²) >= 11 is 6.14. The topological polar surface area (TPSA) is 86.8 Å². The third-order valence-corrected chi connectivity index (χ3v) is 8.29. The van der Waals surface area contributed by atoms with E-state index in [0.717, 1.165) is 43.1 Å². The molecule has 0 bridgehead atoms. The van der Waals surface area contributed by atoms with Crippen LogP contribution in [-0.4, -0.2) is 50.0 Å². The second-order valence-electron chi connectivity index (χ2n) is 9.79. The number of hydrogen-bond acceptors (Lipinski definition) is 4. The fraction of sp³-hybridized carbons (Fsp3) is 0.500. The number of carbonyl (C=O) groups excluding carboxylic acids is 2. The van der Waals surface area contributed by atoms with E-state index < -0.39 is 16.1 Å². The lowest BCUT2D eigenvalue weighted by Gasteiger charge is -2.32. The van der Waals surface area contributed by atoms with Gasteiger partial charge >= 0.3 is 0 Å². The summed E-state index contributed by atoms with van der Waals surface area (Å²) in [5.74, 6) is -0.292. The van der Waals surface area contributed by atoms with E-state index in [1.54, 1.807) is 23.1 Å². The number of amides is 2. The third kappa shape index (κ3) is 8.20. The summed E-state index contributed by atoms with van der Waals surface area (Å²) in [4.78, 5) is 28.4. The molecule has 1 atom stereocenters. The molecule has 1 saturated carbocycles. The molecule has 9 heteroatoms. The maximum atomic E-state index is 13.5. The molecule has 0 spiro atoms. The second-order valence-corrected chi connectivity index (χ2v) is 12.1. The van der Waals surface area contributed by atoms with E-state index in [9.17, 15) is 18.0 Å². The molecule has 1 N–H and O–H groups in total. The molecule has 0 heterocycles. The third-order valence-electron chi connectivity index (χ3n) is 6.88. The maximum absolute atomic E-state index is 13.5. The molecule has 2 aromatic rings. The first-order valence-electron chi connectivity index (χ1n) is 13.0. The van der Waals surface area contributed by atoms with Crippen molar-refractivity contribution in [2.45, 2.75) is 77.4 Å². The first-order chi connectivity index (χ1) is 17.6. The average molecular weight is 548 g/mol. The number of sulfonamides is 1. The smallest absolute Gasteiger partial charge is 0.243 e. The number of benzene rings is 2. The molecule has 7 nitrogen and oxygen atoms in total. The second kappa shape index (κ2) is 13.3. The van der Waals surface area contributed by atoms with E-state index in [2.05, 4.69) is 5.32 Å². The average Bonchev–Trinajstić information content (AvgIpc) is 3.36. The van der Waals surface area contributed by atoms with Crippen molar-refractivity contribution in [1.82, 2.24) is 10.2 Å². The number of nitrogens with zero attached hydrogens (tertiary/aromatic N) is 2. The molecule has 0 unspecified atom stereocenters. The maximum Gasteiger partial charge on any atom is 0.243 e. The molecule has 0 radical (unpaired) electrons. The van der Waals surface area contributed by atoms with E-state index in [1.807, 2.05) is 44.2 Å². The van der Waals surface area contributed by atoms with Crippen molar-refractivity contribution in [3.05, 3.63) is 64.7 Å². The lowest BCUT2D eigenvalue weighted by molar-refractivity contribution is -0.141. The van der Waals surface area contributed by atoms with Crippen molar-refractivity contribution in [3.8, 4) is 0 Å². The van der Waals surface area contributed by atoms with Gasteiger partial charge in [-0.15, -0.1) is 0 Å². The summed E-state index contributed by atoms with van der Waals surface area (Å²) in [6.45, 7) is 4.19. The molecular formula is C28H38ClN3O4S. The number of carbonyl (C=O) groups is 2. The Morgan fingerprint density at radius 1 is 1.11 bits per heavy atom. The molecular weight excluding hydrogens is 510 g/mol. The predicted octanol–water partition coefficient (Wildman–Crippen LogP) is 5.06. The highest BCUT2D eigenvalue weighted by Crippen LogP contribution is 2.27. The number of nitrogens with one attached hydrogen (secondary N) is 1. The van der Waals surface area contributed by atoms with E-state index >= 15 is 0 Å². The normalized spacial score (nSPS) is 14.8. The van der Waals surface area contributed by atoms with Crippen molar-refractivity contribution in [2.75, 3.05) is 17.1 Å². The van der Waals surface area contributed by atoms with Crippen LogP contribution < -0.4 is 9.62 Å². The zero-order valence-corrected chi connectivity index (χ0v) is 23.5. The van der Waals surface area contributed by atoms with Gasteiger partial charge in [-0.2, -0.15) is 0 Å². The molecule has 3 rings (SSSR count). The lowest BCUT2D eigenvalue weighted by Crippen LogP contribution is -2.51. The van der Waals surface area contributed by atoms with Gasteiger partial charge in [-0.05, 0) is 55.9 Å². The molecule has 1 aliphatic rings. The summed E-state index contributed by atoms with van der Waals surface area (Å²) < 4.78 is 26.5. The van der Waals surface area contributed by atoms with Crippen molar-refractivity contribution in [1.29, 1.82) is 0 Å². The van der Waals surface area contributed by atoms with Crippen LogP contribution in [0.3, 0.4) is 0 Å². The van der Waals surface area contributed by atoms with Crippen LogP contribution in [-0.2, 0) is 26.2 Å². The molecule has 0 aliphatic heterocycles. The largest absolute Gasteiger partial charge is 0.352 e. The minimum Gasteiger partial charge on any atom is -0.352 e. The number of aryl methyl sites for hydroxylation is 1. The van der Waals surface area contributed by atoms with Crippen LogP contribution in [0.15, 0.2) is 48.5 Å². The molecule has 2 amide bonds. The van der Waals surface area contributed by atoms with E-state index in [-0.39, 0.29) is 30.8 Å². The van der Waals surface area contributed by atoms with Crippen molar-refractivity contribution in [3.63, 3.8) is 0 Å². The highest BCUT2D eigenvalue weighted by molar-refractivity contribution is 7.92. The lowest BCUT2D eigenvalue weighted by atomic mass is 10.1. The van der Waals surface area contributed by atoms with Crippen molar-refractivity contribution >= 4 is 39.1 Å². The monoisotopic (exact) mass is 547 g/mol. The van der Waals surface area contributed by atoms with Crippen molar-refractivity contribution < 1.29 is 18.0 Å². The van der Waals surface area contributed by atoms with Crippen LogP contribution >= 0.6 is 11.6 Å². The summed E-state index contributed by atoms with van der Waals surface area (Å²) in [6, 6.07) is 14.3. The standard InChI is InChI=1S/C28H38ClN3O4S/c1-4-25(28(34)30-24-13-8-9-14-24)31(20-22-11-6-5-7-12-22)27(33)15-10-18-32(37(3,35)36)26-19-23(29)17-16-21(26)2/h5-7,11-12,16-17,19,24-25H,4,8-10,13-15,18,20H2,1-3H3,(H,30,34)/t25-/m1/s1. The van der Waals surface area contributed by atoms with E-state index in [4.69, 9.17) is 11.6 Å². The summed E-state index contributed by atoms with van der Waals surface area (Å²) in [6.07, 6.45) is 6.23. The van der Waals surface area contributed by atoms with Gasteiger partial charge in [-0.25, -0.2) is 8.42 Å². The molecule has 1 aliphatic carbocycles. The van der Waals surface area contributed by atoms with Gasteiger partial charge in [-0.3, -0.25) is 13.9 Å². The van der Waals surface area contributed by atoms with Gasteiger partial charge in [0.25, 0.3) is 0 Å².